The molecule has 1 rings (SSSR count). The third-order valence-electron chi connectivity index (χ3n) is 2.98. The number of sulfonamides is 1. The fourth-order valence-electron chi connectivity index (χ4n) is 1.58. The van der Waals surface area contributed by atoms with E-state index in [0.717, 1.165) is 12.2 Å². The molecule has 1 atom stereocenters. The third kappa shape index (κ3) is 4.20. The number of thioether (sulfide) groups is 1. The second-order valence-corrected chi connectivity index (χ2v) is 7.30. The van der Waals surface area contributed by atoms with E-state index in [4.69, 9.17) is 5.11 Å². The zero-order valence-corrected chi connectivity index (χ0v) is 13.1. The Kier molecular flexibility index (Phi) is 6.31. The molecule has 110 valence electrons. The molecule has 0 bridgehead atoms. The van der Waals surface area contributed by atoms with Crippen molar-refractivity contribution < 1.29 is 13.5 Å². The zero-order chi connectivity index (χ0) is 14.5. The normalized spacial score (nSPS) is 13.9. The van der Waals surface area contributed by atoms with Crippen molar-refractivity contribution in [3.8, 4) is 0 Å². The molecule has 1 unspecified atom stereocenters. The van der Waals surface area contributed by atoms with Crippen molar-refractivity contribution in [2.45, 2.75) is 30.8 Å². The summed E-state index contributed by atoms with van der Waals surface area (Å²) >= 11 is 1.70. The van der Waals surface area contributed by atoms with E-state index in [1.807, 2.05) is 13.2 Å². The highest BCUT2D eigenvalue weighted by molar-refractivity contribution is 7.98. The number of nitrogens with zero attached hydrogens (tertiary/aromatic N) is 3. The summed E-state index contributed by atoms with van der Waals surface area (Å²) in [5, 5.41) is 12.7. The first-order valence-electron chi connectivity index (χ1n) is 6.03. The van der Waals surface area contributed by atoms with Crippen molar-refractivity contribution in [2.24, 2.45) is 0 Å². The fraction of sp³-hybridized carbons (Fsp3) is 0.727. The number of hydrogen-bond acceptors (Lipinski definition) is 5. The second-order valence-electron chi connectivity index (χ2n) is 4.31. The summed E-state index contributed by atoms with van der Waals surface area (Å²) in [4.78, 5) is 0.166. The van der Waals surface area contributed by atoms with Gasteiger partial charge in [-0.1, -0.05) is 0 Å². The van der Waals surface area contributed by atoms with Crippen LogP contribution >= 0.6 is 11.8 Å². The van der Waals surface area contributed by atoms with Crippen LogP contribution in [0.25, 0.3) is 0 Å². The van der Waals surface area contributed by atoms with Gasteiger partial charge in [0.25, 0.3) is 0 Å². The van der Waals surface area contributed by atoms with E-state index >= 15 is 0 Å². The van der Waals surface area contributed by atoms with E-state index in [2.05, 4.69) is 5.10 Å². The highest BCUT2D eigenvalue weighted by Gasteiger charge is 2.26. The lowest BCUT2D eigenvalue weighted by molar-refractivity contribution is 0.269. The predicted molar refractivity (Wildman–Crippen MR) is 76.7 cm³/mol. The standard InChI is InChI=1S/C11H21N3O3S2/c1-10(4-7-18-3)13(2)19(16,17)11-8-12-14(9-11)5-6-15/h8-10,15H,4-7H2,1-3H3. The van der Waals surface area contributed by atoms with Crippen LogP contribution in [-0.2, 0) is 16.6 Å². The van der Waals surface area contributed by atoms with Gasteiger partial charge in [-0.2, -0.15) is 21.2 Å². The largest absolute Gasteiger partial charge is 0.394 e. The average Bonchev–Trinajstić information content (AvgIpc) is 2.84. The van der Waals surface area contributed by atoms with E-state index in [1.165, 1.54) is 21.4 Å². The summed E-state index contributed by atoms with van der Waals surface area (Å²) in [6.45, 7) is 2.12. The molecule has 1 aromatic rings. The predicted octanol–water partition coefficient (Wildman–Crippen LogP) is 0.637. The van der Waals surface area contributed by atoms with Gasteiger partial charge in [-0.3, -0.25) is 4.68 Å². The number of hydrogen-bond donors (Lipinski definition) is 1. The van der Waals surface area contributed by atoms with Crippen molar-refractivity contribution >= 4 is 21.8 Å². The van der Waals surface area contributed by atoms with Crippen molar-refractivity contribution in [3.05, 3.63) is 12.4 Å². The Hall–Kier alpha value is -0.570. The Balaban J connectivity index is 2.83. The molecule has 0 aliphatic rings. The molecule has 0 amide bonds. The van der Waals surface area contributed by atoms with Crippen LogP contribution in [0.1, 0.15) is 13.3 Å². The van der Waals surface area contributed by atoms with Gasteiger partial charge < -0.3 is 5.11 Å². The third-order valence-corrected chi connectivity index (χ3v) is 5.54. The molecule has 8 heteroatoms. The summed E-state index contributed by atoms with van der Waals surface area (Å²) in [7, 11) is -1.92. The molecule has 1 heterocycles. The van der Waals surface area contributed by atoms with Crippen LogP contribution in [0, 0.1) is 0 Å². The first-order chi connectivity index (χ1) is 8.93. The molecule has 0 saturated carbocycles. The molecule has 0 spiro atoms. The minimum atomic E-state index is -3.51. The molecule has 0 aromatic carbocycles. The minimum Gasteiger partial charge on any atom is -0.394 e. The van der Waals surface area contributed by atoms with Crippen molar-refractivity contribution in [3.63, 3.8) is 0 Å². The molecule has 0 fully saturated rings. The Morgan fingerprint density at radius 1 is 1.58 bits per heavy atom. The molecule has 6 nitrogen and oxygen atoms in total. The quantitative estimate of drug-likeness (QED) is 0.763. The summed E-state index contributed by atoms with van der Waals surface area (Å²) in [5.41, 5.74) is 0. The van der Waals surface area contributed by atoms with Gasteiger partial charge in [-0.05, 0) is 25.4 Å². The van der Waals surface area contributed by atoms with Gasteiger partial charge in [0.05, 0.1) is 19.3 Å². The molecule has 1 N–H and O–H groups in total. The molecule has 0 saturated heterocycles. The first kappa shape index (κ1) is 16.5. The maximum atomic E-state index is 12.4. The molecular formula is C11H21N3O3S2. The number of aliphatic hydroxyl groups excluding tert-OH is 1. The lowest BCUT2D eigenvalue weighted by Crippen LogP contribution is -2.35. The Bertz CT molecular complexity index is 487. The zero-order valence-electron chi connectivity index (χ0n) is 11.5. The van der Waals surface area contributed by atoms with E-state index in [-0.39, 0.29) is 17.5 Å². The topological polar surface area (TPSA) is 75.4 Å². The van der Waals surface area contributed by atoms with Crippen molar-refractivity contribution in [2.75, 3.05) is 25.7 Å². The van der Waals surface area contributed by atoms with Gasteiger partial charge in [0.15, 0.2) is 0 Å². The smallest absolute Gasteiger partial charge is 0.246 e. The van der Waals surface area contributed by atoms with Gasteiger partial charge in [-0.15, -0.1) is 0 Å². The van der Waals surface area contributed by atoms with Crippen LogP contribution in [0.15, 0.2) is 17.3 Å². The number of aromatic nitrogens is 2. The van der Waals surface area contributed by atoms with Crippen LogP contribution in [0.2, 0.25) is 0 Å². The Labute approximate surface area is 118 Å². The lowest BCUT2D eigenvalue weighted by Gasteiger charge is -2.23. The van der Waals surface area contributed by atoms with Crippen LogP contribution in [0.3, 0.4) is 0 Å². The molecule has 1 aromatic heterocycles. The number of aliphatic hydroxyl groups is 1. The maximum absolute atomic E-state index is 12.4. The monoisotopic (exact) mass is 307 g/mol. The van der Waals surface area contributed by atoms with Crippen molar-refractivity contribution in [1.29, 1.82) is 0 Å². The van der Waals surface area contributed by atoms with E-state index in [1.54, 1.807) is 18.8 Å². The molecule has 0 radical (unpaired) electrons. The Morgan fingerprint density at radius 3 is 2.84 bits per heavy atom. The van der Waals surface area contributed by atoms with Gasteiger partial charge in [0.1, 0.15) is 4.90 Å². The summed E-state index contributed by atoms with van der Waals surface area (Å²) in [6.07, 6.45) is 5.58. The van der Waals surface area contributed by atoms with E-state index in [0.29, 0.717) is 6.54 Å². The maximum Gasteiger partial charge on any atom is 0.246 e. The van der Waals surface area contributed by atoms with Crippen LogP contribution < -0.4 is 0 Å². The van der Waals surface area contributed by atoms with Gasteiger partial charge >= 0.3 is 0 Å². The molecule has 0 aliphatic heterocycles. The van der Waals surface area contributed by atoms with Crippen LogP contribution in [0.5, 0.6) is 0 Å². The highest BCUT2D eigenvalue weighted by Crippen LogP contribution is 2.18. The molecular weight excluding hydrogens is 286 g/mol. The first-order valence-corrected chi connectivity index (χ1v) is 8.87. The summed E-state index contributed by atoms with van der Waals surface area (Å²) < 4.78 is 27.5. The Morgan fingerprint density at radius 2 is 2.26 bits per heavy atom. The number of rotatable bonds is 8. The summed E-state index contributed by atoms with van der Waals surface area (Å²) in [5.74, 6) is 0.921. The minimum absolute atomic E-state index is 0.0568. The lowest BCUT2D eigenvalue weighted by atomic mass is 10.3. The average molecular weight is 307 g/mol. The van der Waals surface area contributed by atoms with Gasteiger partial charge in [0, 0.05) is 19.3 Å². The van der Waals surface area contributed by atoms with E-state index in [9.17, 15) is 8.42 Å². The van der Waals surface area contributed by atoms with Gasteiger partial charge in [-0.25, -0.2) is 8.42 Å². The second kappa shape index (κ2) is 7.28. The molecule has 0 aliphatic carbocycles. The van der Waals surface area contributed by atoms with Crippen LogP contribution in [0.4, 0.5) is 0 Å². The fourth-order valence-corrected chi connectivity index (χ4v) is 3.50. The van der Waals surface area contributed by atoms with Gasteiger partial charge in [0.2, 0.25) is 10.0 Å². The van der Waals surface area contributed by atoms with Crippen molar-refractivity contribution in [1.82, 2.24) is 14.1 Å². The molecule has 19 heavy (non-hydrogen) atoms. The van der Waals surface area contributed by atoms with E-state index < -0.39 is 10.0 Å². The summed E-state index contributed by atoms with van der Waals surface area (Å²) in [6, 6.07) is -0.0568. The van der Waals surface area contributed by atoms with Crippen LogP contribution in [-0.4, -0.2) is 59.3 Å². The highest BCUT2D eigenvalue weighted by atomic mass is 32.2. The SMILES string of the molecule is CSCCC(C)N(C)S(=O)(=O)c1cnn(CCO)c1.